The van der Waals surface area contributed by atoms with Gasteiger partial charge in [0, 0.05) is 61.2 Å². The highest BCUT2D eigenvalue weighted by molar-refractivity contribution is 6.18. The molecule has 38 heavy (non-hydrogen) atoms. The number of halogens is 1. The van der Waals surface area contributed by atoms with Gasteiger partial charge in [0.05, 0.1) is 37.5 Å². The molecule has 1 aromatic rings. The molecule has 4 heterocycles. The summed E-state index contributed by atoms with van der Waals surface area (Å²) in [5.74, 6) is 0.550. The van der Waals surface area contributed by atoms with Crippen LogP contribution < -0.4 is 16.0 Å². The number of nitriles is 1. The molecule has 0 radical (unpaired) electrons. The van der Waals surface area contributed by atoms with E-state index in [1.54, 1.807) is 4.42 Å². The summed E-state index contributed by atoms with van der Waals surface area (Å²) in [7, 11) is 0. The van der Waals surface area contributed by atoms with Crippen molar-refractivity contribution in [2.24, 2.45) is 11.8 Å². The first-order valence-corrected chi connectivity index (χ1v) is 14.2. The van der Waals surface area contributed by atoms with Crippen molar-refractivity contribution >= 4 is 23.3 Å². The fraction of sp³-hybridized carbons (Fsp3) is 0.643. The number of aromatic nitrogens is 1. The largest absolute Gasteiger partial charge is 0.381 e. The Kier molecular flexibility index (Phi) is 9.20. The topological polar surface area (TPSA) is 104 Å². The third kappa shape index (κ3) is 6.87. The monoisotopic (exact) mass is 542 g/mol. The number of pyridine rings is 1. The van der Waals surface area contributed by atoms with Gasteiger partial charge in [-0.05, 0) is 63.3 Å². The molecule has 1 saturated carbocycles. The number of hydrogen-bond donors (Lipinski definition) is 3. The van der Waals surface area contributed by atoms with E-state index in [0.29, 0.717) is 45.1 Å². The van der Waals surface area contributed by atoms with Crippen LogP contribution in [0.3, 0.4) is 0 Å². The summed E-state index contributed by atoms with van der Waals surface area (Å²) in [6, 6.07) is 7.34. The van der Waals surface area contributed by atoms with Gasteiger partial charge < -0.3 is 24.8 Å². The Labute approximate surface area is 230 Å². The molecule has 3 unspecified atom stereocenters. The molecule has 0 bridgehead atoms. The number of hydrogen-bond acceptors (Lipinski definition) is 9. The van der Waals surface area contributed by atoms with Crippen molar-refractivity contribution < 1.29 is 14.2 Å². The summed E-state index contributed by atoms with van der Waals surface area (Å²) in [4.78, 5) is 4.58. The van der Waals surface area contributed by atoms with Crippen molar-refractivity contribution in [3.63, 3.8) is 0 Å². The van der Waals surface area contributed by atoms with Gasteiger partial charge >= 0.3 is 0 Å². The van der Waals surface area contributed by atoms with Crippen molar-refractivity contribution in [1.82, 2.24) is 20.0 Å². The Balaban J connectivity index is 1.11. The molecule has 1 aliphatic carbocycles. The molecule has 3 aliphatic heterocycles. The average Bonchev–Trinajstić information content (AvgIpc) is 3.39. The molecule has 10 heteroatoms. The van der Waals surface area contributed by atoms with Crippen LogP contribution in [0.1, 0.15) is 44.6 Å². The van der Waals surface area contributed by atoms with Gasteiger partial charge in [-0.2, -0.15) is 5.26 Å². The normalized spacial score (nSPS) is 31.0. The molecule has 0 amide bonds. The molecule has 3 N–H and O–H groups in total. The average molecular weight is 543 g/mol. The van der Waals surface area contributed by atoms with Gasteiger partial charge in [0.25, 0.3) is 0 Å². The smallest absolute Gasteiger partial charge is 0.178 e. The van der Waals surface area contributed by atoms with Crippen molar-refractivity contribution in [3.05, 3.63) is 42.1 Å². The van der Waals surface area contributed by atoms with Crippen molar-refractivity contribution in [3.8, 4) is 6.07 Å². The van der Waals surface area contributed by atoms with Gasteiger partial charge in [-0.3, -0.25) is 9.74 Å². The lowest BCUT2D eigenvalue weighted by Gasteiger charge is -2.33. The van der Waals surface area contributed by atoms with Gasteiger partial charge in [0.1, 0.15) is 12.0 Å². The highest BCUT2D eigenvalue weighted by Gasteiger charge is 2.32. The zero-order chi connectivity index (χ0) is 26.4. The van der Waals surface area contributed by atoms with E-state index in [1.807, 2.05) is 37.4 Å². The summed E-state index contributed by atoms with van der Waals surface area (Å²) < 4.78 is 18.7. The molecule has 5 rings (SSSR count). The summed E-state index contributed by atoms with van der Waals surface area (Å²) in [6.45, 7) is 6.01. The lowest BCUT2D eigenvalue weighted by molar-refractivity contribution is -0.139. The fourth-order valence-corrected chi connectivity index (χ4v) is 5.95. The second-order valence-electron chi connectivity index (χ2n) is 10.8. The van der Waals surface area contributed by atoms with E-state index in [4.69, 9.17) is 26.0 Å². The Hall–Kier alpha value is -2.19. The molecule has 4 aliphatic rings. The molecule has 3 fully saturated rings. The van der Waals surface area contributed by atoms with Crippen LogP contribution in [0, 0.1) is 23.2 Å². The molecule has 2 saturated heterocycles. The quantitative estimate of drug-likeness (QED) is 0.404. The minimum absolute atomic E-state index is 0.0147. The Morgan fingerprint density at radius 3 is 2.71 bits per heavy atom. The molecular formula is C28H39ClN6O3. The molecule has 3 atom stereocenters. The van der Waals surface area contributed by atoms with Crippen LogP contribution in [-0.4, -0.2) is 73.0 Å². The second-order valence-corrected chi connectivity index (χ2v) is 11.2. The predicted octanol–water partition coefficient (Wildman–Crippen LogP) is 3.62. The van der Waals surface area contributed by atoms with Crippen molar-refractivity contribution in [1.29, 1.82) is 5.26 Å². The summed E-state index contributed by atoms with van der Waals surface area (Å²) in [5, 5.41) is 20.2. The van der Waals surface area contributed by atoms with E-state index in [9.17, 15) is 5.26 Å². The second kappa shape index (κ2) is 12.8. The Morgan fingerprint density at radius 2 is 1.92 bits per heavy atom. The van der Waals surface area contributed by atoms with Crippen LogP contribution in [0.25, 0.3) is 5.70 Å². The van der Waals surface area contributed by atoms with Crippen LogP contribution >= 0.6 is 11.8 Å². The number of anilines is 1. The minimum atomic E-state index is -0.489. The van der Waals surface area contributed by atoms with E-state index in [2.05, 4.69) is 33.1 Å². The van der Waals surface area contributed by atoms with E-state index < -0.39 is 5.79 Å². The van der Waals surface area contributed by atoms with Crippen molar-refractivity contribution in [2.45, 2.75) is 63.1 Å². The van der Waals surface area contributed by atoms with Gasteiger partial charge in [-0.1, -0.05) is 6.08 Å². The number of allylic oxidation sites excluding steroid dienone is 2. The molecular weight excluding hydrogens is 504 g/mol. The number of nitrogens with zero attached hydrogens (tertiary/aromatic N) is 3. The molecule has 1 aromatic heterocycles. The molecule has 206 valence electrons. The van der Waals surface area contributed by atoms with Crippen LogP contribution in [0.4, 0.5) is 5.82 Å². The first kappa shape index (κ1) is 27.4. The van der Waals surface area contributed by atoms with Crippen LogP contribution in [-0.2, 0) is 14.2 Å². The van der Waals surface area contributed by atoms with E-state index in [0.717, 1.165) is 55.7 Å². The molecule has 0 aromatic carbocycles. The Bertz CT molecular complexity index is 1030. The number of nitrogens with one attached hydrogen (secondary N) is 3. The van der Waals surface area contributed by atoms with E-state index >= 15 is 0 Å². The van der Waals surface area contributed by atoms with Crippen LogP contribution in [0.15, 0.2) is 36.6 Å². The third-order valence-corrected chi connectivity index (χ3v) is 8.39. The maximum Gasteiger partial charge on any atom is 0.178 e. The van der Waals surface area contributed by atoms with Gasteiger partial charge in [-0.15, -0.1) is 0 Å². The maximum atomic E-state index is 9.45. The van der Waals surface area contributed by atoms with Gasteiger partial charge in [0.2, 0.25) is 0 Å². The first-order valence-electron chi connectivity index (χ1n) is 13.8. The lowest BCUT2D eigenvalue weighted by Crippen LogP contribution is -2.45. The van der Waals surface area contributed by atoms with E-state index in [-0.39, 0.29) is 18.0 Å². The highest BCUT2D eigenvalue weighted by atomic mass is 35.5. The lowest BCUT2D eigenvalue weighted by atomic mass is 9.89. The summed E-state index contributed by atoms with van der Waals surface area (Å²) in [6.07, 6.45) is 12.9. The standard InChI is InChI=1S/C28H39ClN6O3/c1-28(37-13-14-38-28)19-33-23-5-7-24(8-6-23)34-26-15-20(9-11-31-26)25-3-2-4-27(35(25)29)32-17-22-18-36-12-10-21(22)16-30/h2-4,9,11,15,21-24,27,32-33H,5-8,10,12-14,17-19H2,1H3,(H,31,34)/t21?,22?,23-,24-,27?. The third-order valence-electron chi connectivity index (χ3n) is 8.00. The zero-order valence-electron chi connectivity index (χ0n) is 22.1. The van der Waals surface area contributed by atoms with Crippen molar-refractivity contribution in [2.75, 3.05) is 44.8 Å². The zero-order valence-corrected chi connectivity index (χ0v) is 22.8. The fourth-order valence-electron chi connectivity index (χ4n) is 5.66. The summed E-state index contributed by atoms with van der Waals surface area (Å²) in [5.41, 5.74) is 1.91. The van der Waals surface area contributed by atoms with Gasteiger partial charge in [0.15, 0.2) is 5.79 Å². The van der Waals surface area contributed by atoms with Gasteiger partial charge in [-0.25, -0.2) is 4.98 Å². The molecule has 0 spiro atoms. The van der Waals surface area contributed by atoms with Crippen LogP contribution in [0.5, 0.6) is 0 Å². The maximum absolute atomic E-state index is 9.45. The highest BCUT2D eigenvalue weighted by Crippen LogP contribution is 2.30. The van der Waals surface area contributed by atoms with E-state index in [1.165, 1.54) is 0 Å². The summed E-state index contributed by atoms with van der Waals surface area (Å²) >= 11 is 6.81. The number of ether oxygens (including phenoxy) is 3. The number of rotatable bonds is 9. The predicted molar refractivity (Wildman–Crippen MR) is 147 cm³/mol. The van der Waals surface area contributed by atoms with Crippen LogP contribution in [0.2, 0.25) is 0 Å². The minimum Gasteiger partial charge on any atom is -0.381 e. The Morgan fingerprint density at radius 1 is 1.13 bits per heavy atom. The first-order chi connectivity index (χ1) is 18.5. The molecule has 9 nitrogen and oxygen atoms in total. The SMILES string of the molecule is CC1(CN[C@H]2CC[C@H](Nc3cc(C4=CC=CC(NCC5COCCC5C#N)N4Cl)ccn3)CC2)OCCO1.